The fourth-order valence-corrected chi connectivity index (χ4v) is 2.56. The summed E-state index contributed by atoms with van der Waals surface area (Å²) in [4.78, 5) is 36.2. The van der Waals surface area contributed by atoms with Crippen LogP contribution in [0.5, 0.6) is 0 Å². The first-order valence-electron chi connectivity index (χ1n) is 7.44. The number of nitrogens with two attached hydrogens (primary N) is 1. The number of amides is 2. The maximum absolute atomic E-state index is 12.4. The fraction of sp³-hybridized carbons (Fsp3) is 0.786. The summed E-state index contributed by atoms with van der Waals surface area (Å²) in [5, 5.41) is 11.6. The molecule has 1 atom stereocenters. The average molecular weight is 299 g/mol. The molecule has 1 fully saturated rings. The van der Waals surface area contributed by atoms with Crippen LogP contribution in [0.15, 0.2) is 0 Å². The number of hydrogen-bond donors (Lipinski definition) is 3. The quantitative estimate of drug-likeness (QED) is 0.570. The molecular formula is C14H25N3O4. The van der Waals surface area contributed by atoms with Crippen molar-refractivity contribution < 1.29 is 19.5 Å². The number of carboxylic acids is 1. The highest BCUT2D eigenvalue weighted by molar-refractivity contribution is 5.87. The minimum Gasteiger partial charge on any atom is -0.481 e. The van der Waals surface area contributed by atoms with E-state index in [0.717, 1.165) is 12.8 Å². The first-order valence-corrected chi connectivity index (χ1v) is 7.44. The summed E-state index contributed by atoms with van der Waals surface area (Å²) in [7, 11) is 0. The van der Waals surface area contributed by atoms with Gasteiger partial charge in [-0.1, -0.05) is 0 Å². The number of carboxylic acid groups (broad SMARTS) is 1. The predicted octanol–water partition coefficient (Wildman–Crippen LogP) is -0.0567. The van der Waals surface area contributed by atoms with Gasteiger partial charge in [-0.05, 0) is 38.6 Å². The summed E-state index contributed by atoms with van der Waals surface area (Å²) in [6.45, 7) is 2.82. The number of nitrogens with one attached hydrogen (secondary N) is 1. The van der Waals surface area contributed by atoms with Gasteiger partial charge in [-0.2, -0.15) is 0 Å². The van der Waals surface area contributed by atoms with E-state index in [1.165, 1.54) is 6.92 Å². The monoisotopic (exact) mass is 299 g/mol. The molecule has 0 aromatic rings. The highest BCUT2D eigenvalue weighted by atomic mass is 16.4. The Kier molecular flexibility index (Phi) is 7.14. The van der Waals surface area contributed by atoms with E-state index in [9.17, 15) is 14.4 Å². The molecule has 1 rings (SSSR count). The molecule has 21 heavy (non-hydrogen) atoms. The lowest BCUT2D eigenvalue weighted by molar-refractivity contribution is -0.146. The second kappa shape index (κ2) is 8.61. The van der Waals surface area contributed by atoms with Crippen LogP contribution >= 0.6 is 0 Å². The van der Waals surface area contributed by atoms with Gasteiger partial charge in [-0.25, -0.2) is 0 Å². The minimum atomic E-state index is -0.802. The van der Waals surface area contributed by atoms with Crippen LogP contribution in [0.25, 0.3) is 0 Å². The van der Waals surface area contributed by atoms with Gasteiger partial charge in [-0.15, -0.1) is 0 Å². The largest absolute Gasteiger partial charge is 0.481 e. The van der Waals surface area contributed by atoms with Crippen LogP contribution in [0, 0.1) is 5.92 Å². The van der Waals surface area contributed by atoms with Gasteiger partial charge >= 0.3 is 5.97 Å². The predicted molar refractivity (Wildman–Crippen MR) is 77.4 cm³/mol. The molecule has 1 heterocycles. The Morgan fingerprint density at radius 2 is 1.90 bits per heavy atom. The molecule has 7 nitrogen and oxygen atoms in total. The second-order valence-corrected chi connectivity index (χ2v) is 5.48. The van der Waals surface area contributed by atoms with Crippen molar-refractivity contribution in [3.63, 3.8) is 0 Å². The number of nitrogens with zero attached hydrogens (tertiary/aromatic N) is 1. The Morgan fingerprint density at radius 3 is 2.38 bits per heavy atom. The van der Waals surface area contributed by atoms with E-state index in [2.05, 4.69) is 5.32 Å². The zero-order chi connectivity index (χ0) is 15.8. The van der Waals surface area contributed by atoms with E-state index >= 15 is 0 Å². The summed E-state index contributed by atoms with van der Waals surface area (Å²) in [6, 6.07) is -0.532. The molecule has 0 aromatic carbocycles. The first-order chi connectivity index (χ1) is 9.95. The molecule has 1 aliphatic rings. The zero-order valence-corrected chi connectivity index (χ0v) is 12.5. The number of unbranched alkanes of at least 4 members (excludes halogenated alkanes) is 1. The Morgan fingerprint density at radius 1 is 1.29 bits per heavy atom. The topological polar surface area (TPSA) is 113 Å². The maximum Gasteiger partial charge on any atom is 0.306 e. The van der Waals surface area contributed by atoms with Gasteiger partial charge in [-0.3, -0.25) is 14.4 Å². The van der Waals surface area contributed by atoms with Crippen LogP contribution in [0.3, 0.4) is 0 Å². The summed E-state index contributed by atoms with van der Waals surface area (Å²) >= 11 is 0. The van der Waals surface area contributed by atoms with E-state index in [4.69, 9.17) is 10.8 Å². The van der Waals surface area contributed by atoms with Gasteiger partial charge in [0.2, 0.25) is 11.8 Å². The first kappa shape index (κ1) is 17.4. The Hall–Kier alpha value is -1.63. The lowest BCUT2D eigenvalue weighted by Crippen LogP contribution is -2.50. The van der Waals surface area contributed by atoms with Crippen molar-refractivity contribution in [1.29, 1.82) is 0 Å². The molecule has 0 radical (unpaired) electrons. The Labute approximate surface area is 124 Å². The standard InChI is InChI=1S/C14H25N3O4/c1-10(18)16-12(4-2-3-7-15)13(19)17-8-5-11(6-9-17)14(20)21/h11-12H,2-9,15H2,1H3,(H,16,18)(H,20,21)/t12-/m0/s1. The molecule has 1 aliphatic heterocycles. The maximum atomic E-state index is 12.4. The van der Waals surface area contributed by atoms with E-state index < -0.39 is 12.0 Å². The number of aliphatic carboxylic acids is 1. The molecule has 1 saturated heterocycles. The third kappa shape index (κ3) is 5.71. The molecule has 0 bridgehead atoms. The summed E-state index contributed by atoms with van der Waals surface area (Å²) < 4.78 is 0. The lowest BCUT2D eigenvalue weighted by atomic mass is 9.96. The van der Waals surface area contributed by atoms with E-state index in [1.807, 2.05) is 0 Å². The van der Waals surface area contributed by atoms with Gasteiger partial charge in [0.05, 0.1) is 5.92 Å². The van der Waals surface area contributed by atoms with Crippen LogP contribution in [0.4, 0.5) is 0 Å². The summed E-state index contributed by atoms with van der Waals surface area (Å²) in [6.07, 6.45) is 3.09. The third-order valence-electron chi connectivity index (χ3n) is 3.78. The Bertz CT molecular complexity index is 378. The van der Waals surface area contributed by atoms with Gasteiger partial charge < -0.3 is 21.1 Å². The number of likely N-dealkylation sites (tertiary alicyclic amines) is 1. The number of hydrogen-bond acceptors (Lipinski definition) is 4. The number of piperidine rings is 1. The van der Waals surface area contributed by atoms with Crippen molar-refractivity contribution >= 4 is 17.8 Å². The smallest absolute Gasteiger partial charge is 0.306 e. The van der Waals surface area contributed by atoms with Crippen molar-refractivity contribution in [1.82, 2.24) is 10.2 Å². The third-order valence-corrected chi connectivity index (χ3v) is 3.78. The van der Waals surface area contributed by atoms with E-state index in [0.29, 0.717) is 38.9 Å². The van der Waals surface area contributed by atoms with Gasteiger partial charge in [0.25, 0.3) is 0 Å². The number of carbonyl (C=O) groups excluding carboxylic acids is 2. The fourth-order valence-electron chi connectivity index (χ4n) is 2.56. The second-order valence-electron chi connectivity index (χ2n) is 5.48. The molecule has 0 unspecified atom stereocenters. The van der Waals surface area contributed by atoms with Crippen molar-refractivity contribution in [3.8, 4) is 0 Å². The molecular weight excluding hydrogens is 274 g/mol. The molecule has 2 amide bonds. The van der Waals surface area contributed by atoms with Crippen LogP contribution < -0.4 is 11.1 Å². The van der Waals surface area contributed by atoms with Gasteiger partial charge in [0.15, 0.2) is 0 Å². The van der Waals surface area contributed by atoms with Crippen molar-refractivity contribution in [2.24, 2.45) is 11.7 Å². The van der Waals surface area contributed by atoms with Crippen LogP contribution in [-0.4, -0.2) is 53.5 Å². The van der Waals surface area contributed by atoms with Crippen molar-refractivity contribution in [2.45, 2.75) is 45.1 Å². The molecule has 7 heteroatoms. The lowest BCUT2D eigenvalue weighted by Gasteiger charge is -2.33. The van der Waals surface area contributed by atoms with Gasteiger partial charge in [0.1, 0.15) is 6.04 Å². The van der Waals surface area contributed by atoms with E-state index in [1.54, 1.807) is 4.90 Å². The average Bonchev–Trinajstić information content (AvgIpc) is 2.45. The number of carbonyl (C=O) groups is 3. The molecule has 0 aliphatic carbocycles. The Balaban J connectivity index is 2.55. The molecule has 0 saturated carbocycles. The number of rotatable bonds is 7. The molecule has 0 aromatic heterocycles. The molecule has 4 N–H and O–H groups in total. The highest BCUT2D eigenvalue weighted by Gasteiger charge is 2.30. The van der Waals surface area contributed by atoms with Crippen LogP contribution in [0.1, 0.15) is 39.0 Å². The van der Waals surface area contributed by atoms with Crippen molar-refractivity contribution in [3.05, 3.63) is 0 Å². The molecule has 0 spiro atoms. The SMILES string of the molecule is CC(=O)N[C@@H](CCCCN)C(=O)N1CCC(C(=O)O)CC1. The van der Waals surface area contributed by atoms with E-state index in [-0.39, 0.29) is 17.7 Å². The summed E-state index contributed by atoms with van der Waals surface area (Å²) in [5.74, 6) is -1.53. The zero-order valence-electron chi connectivity index (χ0n) is 12.5. The summed E-state index contributed by atoms with van der Waals surface area (Å²) in [5.41, 5.74) is 5.44. The normalized spacial score (nSPS) is 17.3. The van der Waals surface area contributed by atoms with Crippen LogP contribution in [-0.2, 0) is 14.4 Å². The minimum absolute atomic E-state index is 0.119. The highest BCUT2D eigenvalue weighted by Crippen LogP contribution is 2.18. The molecule has 120 valence electrons. The van der Waals surface area contributed by atoms with Crippen LogP contribution in [0.2, 0.25) is 0 Å². The van der Waals surface area contributed by atoms with Crippen molar-refractivity contribution in [2.75, 3.05) is 19.6 Å². The van der Waals surface area contributed by atoms with Gasteiger partial charge in [0, 0.05) is 20.0 Å².